The average Bonchev–Trinajstić information content (AvgIpc) is 1.43. The fourth-order valence-corrected chi connectivity index (χ4v) is 12.4. The van der Waals surface area contributed by atoms with Gasteiger partial charge < -0.3 is 75.7 Å². The quantitative estimate of drug-likeness (QED) is 0.0569. The van der Waals surface area contributed by atoms with Crippen LogP contribution < -0.4 is 41.1 Å². The Morgan fingerprint density at radius 3 is 1.66 bits per heavy atom. The number of methoxy groups -OCH3 is 1. The van der Waals surface area contributed by atoms with Gasteiger partial charge in [0, 0.05) is 129 Å². The molecule has 2 aromatic carbocycles. The van der Waals surface area contributed by atoms with Crippen LogP contribution in [0.2, 0.25) is 0 Å². The van der Waals surface area contributed by atoms with Crippen molar-refractivity contribution in [2.75, 3.05) is 99.8 Å². The van der Waals surface area contributed by atoms with Gasteiger partial charge in [0.25, 0.3) is 11.8 Å². The zero-order valence-corrected chi connectivity index (χ0v) is 52.2. The van der Waals surface area contributed by atoms with Gasteiger partial charge in [0.1, 0.15) is 40.4 Å². The Balaban J connectivity index is 0.000000215. The van der Waals surface area contributed by atoms with Gasteiger partial charge in [-0.05, 0) is 169 Å². The van der Waals surface area contributed by atoms with E-state index in [1.54, 1.807) is 66.0 Å². The van der Waals surface area contributed by atoms with E-state index in [1.807, 2.05) is 46.2 Å². The van der Waals surface area contributed by atoms with E-state index in [0.717, 1.165) is 111 Å². The third-order valence-electron chi connectivity index (χ3n) is 17.4. The molecule has 0 bridgehead atoms. The third kappa shape index (κ3) is 17.9. The SMILES string of the molecule is CC(=O)N1CCC(Nc2cc(C(=O)NC[C@@H](O)[C@@H]3Cc4ccc(O)cc4CN3)cc(N3CCCCC3)n2)CC1.COCOc1ccc2c(c1)CN(C(=O)OC(C)(C)C)[C@H]([C@H](O)CNC(=O)c1cc(NC3CCN(C(C)=O)CC3)nc(N3CCCCC3)c1)C2. The molecule has 0 spiro atoms. The number of fused-ring (bicyclic) bond motifs is 2. The molecule has 478 valence electrons. The number of pyridine rings is 2. The van der Waals surface area contributed by atoms with E-state index >= 15 is 0 Å². The highest BCUT2D eigenvalue weighted by atomic mass is 16.7. The lowest BCUT2D eigenvalue weighted by Gasteiger charge is -2.40. The van der Waals surface area contributed by atoms with Crippen LogP contribution in [0.25, 0.3) is 0 Å². The first-order chi connectivity index (χ1) is 42.2. The van der Waals surface area contributed by atoms with Gasteiger partial charge in [0.15, 0.2) is 6.79 Å². The summed E-state index contributed by atoms with van der Waals surface area (Å²) in [5.74, 6) is 3.27. The molecule has 2 aromatic heterocycles. The molecular weight excluding hydrogens is 1120 g/mol. The number of nitrogens with one attached hydrogen (secondary N) is 5. The smallest absolute Gasteiger partial charge is 0.410 e. The summed E-state index contributed by atoms with van der Waals surface area (Å²) in [6.07, 6.45) is 8.60. The number of carbonyl (C=O) groups excluding carboxylic acids is 5. The molecule has 88 heavy (non-hydrogen) atoms. The first-order valence-corrected chi connectivity index (χ1v) is 31.5. The van der Waals surface area contributed by atoms with E-state index in [-0.39, 0.29) is 73.9 Å². The van der Waals surface area contributed by atoms with Crippen molar-refractivity contribution < 1.29 is 53.5 Å². The second kappa shape index (κ2) is 30.2. The number of aliphatic hydroxyl groups excluding tert-OH is 2. The molecule has 0 saturated carbocycles. The van der Waals surface area contributed by atoms with Gasteiger partial charge >= 0.3 is 6.09 Å². The number of aromatic nitrogens is 2. The Bertz CT molecular complexity index is 3040. The molecule has 0 radical (unpaired) electrons. The zero-order chi connectivity index (χ0) is 62.5. The Labute approximate surface area is 517 Å². The Morgan fingerprint density at radius 2 is 1.15 bits per heavy atom. The summed E-state index contributed by atoms with van der Waals surface area (Å²) in [5, 5.41) is 48.3. The van der Waals surface area contributed by atoms with Crippen LogP contribution in [-0.4, -0.2) is 191 Å². The zero-order valence-electron chi connectivity index (χ0n) is 52.2. The minimum Gasteiger partial charge on any atom is -0.508 e. The predicted molar refractivity (Wildman–Crippen MR) is 336 cm³/mol. The number of benzene rings is 2. The molecule has 6 aliphatic rings. The van der Waals surface area contributed by atoms with E-state index in [9.17, 15) is 39.3 Å². The molecule has 10 rings (SSSR count). The Morgan fingerprint density at radius 1 is 0.636 bits per heavy atom. The van der Waals surface area contributed by atoms with Crippen molar-refractivity contribution >= 4 is 53.0 Å². The number of amides is 5. The molecule has 4 saturated heterocycles. The number of rotatable bonds is 17. The topological polar surface area (TPSA) is 276 Å². The molecule has 23 nitrogen and oxygen atoms in total. The highest BCUT2D eigenvalue weighted by Crippen LogP contribution is 2.32. The maximum Gasteiger partial charge on any atom is 0.410 e. The largest absolute Gasteiger partial charge is 0.508 e. The highest BCUT2D eigenvalue weighted by Gasteiger charge is 2.38. The maximum absolute atomic E-state index is 13.7. The van der Waals surface area contributed by atoms with Crippen molar-refractivity contribution in [1.29, 1.82) is 0 Å². The number of piperidine rings is 4. The molecule has 6 aliphatic heterocycles. The third-order valence-corrected chi connectivity index (χ3v) is 17.4. The van der Waals surface area contributed by atoms with Crippen LogP contribution in [0, 0.1) is 0 Å². The summed E-state index contributed by atoms with van der Waals surface area (Å²) >= 11 is 0. The summed E-state index contributed by atoms with van der Waals surface area (Å²) < 4.78 is 16.4. The molecule has 0 unspecified atom stereocenters. The number of phenolic OH excluding ortho intramolecular Hbond substituents is 1. The molecule has 5 amide bonds. The Kier molecular flexibility index (Phi) is 22.3. The minimum atomic E-state index is -1.07. The lowest BCUT2D eigenvalue weighted by Crippen LogP contribution is -2.54. The number of aliphatic hydroxyl groups is 2. The normalized spacial score (nSPS) is 19.8. The minimum absolute atomic E-state index is 0.0686. The number of nitrogens with zero attached hydrogens (tertiary/aromatic N) is 7. The number of phenols is 1. The van der Waals surface area contributed by atoms with Gasteiger partial charge in [-0.15, -0.1) is 0 Å². The lowest BCUT2D eigenvalue weighted by atomic mass is 9.91. The van der Waals surface area contributed by atoms with Crippen LogP contribution in [0.3, 0.4) is 0 Å². The first kappa shape index (κ1) is 65.0. The van der Waals surface area contributed by atoms with Crippen molar-refractivity contribution in [1.82, 2.24) is 40.6 Å². The van der Waals surface area contributed by atoms with Crippen molar-refractivity contribution in [3.05, 3.63) is 94.0 Å². The van der Waals surface area contributed by atoms with Gasteiger partial charge in [0.05, 0.1) is 18.2 Å². The van der Waals surface area contributed by atoms with Gasteiger partial charge in [-0.3, -0.25) is 24.1 Å². The molecule has 23 heteroatoms. The van der Waals surface area contributed by atoms with Crippen molar-refractivity contribution in [2.45, 2.75) is 167 Å². The van der Waals surface area contributed by atoms with Crippen LogP contribution in [0.5, 0.6) is 11.5 Å². The number of ether oxygens (including phenoxy) is 3. The van der Waals surface area contributed by atoms with Crippen LogP contribution in [-0.2, 0) is 45.0 Å². The molecular formula is C65H92N12O11. The van der Waals surface area contributed by atoms with Crippen molar-refractivity contribution in [2.24, 2.45) is 0 Å². The number of likely N-dealkylation sites (tertiary alicyclic amines) is 2. The first-order valence-electron chi connectivity index (χ1n) is 31.5. The van der Waals surface area contributed by atoms with Gasteiger partial charge in [-0.1, -0.05) is 12.1 Å². The van der Waals surface area contributed by atoms with Gasteiger partial charge in [0.2, 0.25) is 11.8 Å². The highest BCUT2D eigenvalue weighted by molar-refractivity contribution is 5.96. The molecule has 8 N–H and O–H groups in total. The standard InChI is InChI=1S/C36H52N6O7.C29H40N6O4/c1-24(43)40-15-11-28(12-16-40)38-32-19-26(20-33(39-32)41-13-7-6-8-14-41)34(45)37-21-31(44)30-18-25-9-10-29(48-23-47-5)17-27(25)22-42(30)35(46)49-36(2,3)4;1-19(36)34-11-7-23(8-12-34)32-27-15-21(16-28(33-27)35-9-3-2-4-10-35)29(39)31-18-26(38)25-14-20-5-6-24(37)13-22(20)17-30-25/h9-10,17,19-20,28,30-31,44H,6-8,11-16,18,21-23H2,1-5H3,(H,37,45)(H,38,39);5-6,13,15-16,23,25-26,30,37-38H,2-4,7-12,14,17-18H2,1H3,(H,31,39)(H,32,33)/t30-,31+;25-,26+/m00/s1. The van der Waals surface area contributed by atoms with Gasteiger partial charge in [-0.25, -0.2) is 14.8 Å². The number of carbonyl (C=O) groups is 5. The summed E-state index contributed by atoms with van der Waals surface area (Å²) in [4.78, 5) is 83.3. The van der Waals surface area contributed by atoms with Crippen LogP contribution in [0.4, 0.5) is 28.1 Å². The average molecular weight is 1220 g/mol. The number of anilines is 4. The molecule has 4 fully saturated rings. The van der Waals surface area contributed by atoms with E-state index in [4.69, 9.17) is 24.2 Å². The van der Waals surface area contributed by atoms with Gasteiger partial charge in [-0.2, -0.15) is 0 Å². The van der Waals surface area contributed by atoms with Crippen LogP contribution >= 0.6 is 0 Å². The van der Waals surface area contributed by atoms with E-state index in [2.05, 4.69) is 36.4 Å². The summed E-state index contributed by atoms with van der Waals surface area (Å²) in [6.45, 7) is 15.9. The molecule has 0 aliphatic carbocycles. The van der Waals surface area contributed by atoms with E-state index in [1.165, 1.54) is 17.7 Å². The summed E-state index contributed by atoms with van der Waals surface area (Å²) in [6, 6.07) is 17.6. The molecule has 8 heterocycles. The fraction of sp³-hybridized carbons (Fsp3) is 0.585. The van der Waals surface area contributed by atoms with Crippen LogP contribution in [0.1, 0.15) is 142 Å². The number of hydrogen-bond donors (Lipinski definition) is 8. The van der Waals surface area contributed by atoms with Crippen molar-refractivity contribution in [3.63, 3.8) is 0 Å². The molecule has 4 aromatic rings. The van der Waals surface area contributed by atoms with Crippen LogP contribution in [0.15, 0.2) is 60.7 Å². The number of hydrogen-bond acceptors (Lipinski definition) is 18. The number of aromatic hydroxyl groups is 1. The fourth-order valence-electron chi connectivity index (χ4n) is 12.4. The monoisotopic (exact) mass is 1220 g/mol. The van der Waals surface area contributed by atoms with Crippen molar-refractivity contribution in [3.8, 4) is 11.5 Å². The predicted octanol–water partition coefficient (Wildman–Crippen LogP) is 5.94. The second-order valence-corrected chi connectivity index (χ2v) is 25.2. The summed E-state index contributed by atoms with van der Waals surface area (Å²) in [7, 11) is 1.55. The maximum atomic E-state index is 13.7. The lowest BCUT2D eigenvalue weighted by molar-refractivity contribution is -0.130. The Hall–Kier alpha value is -7.47. The summed E-state index contributed by atoms with van der Waals surface area (Å²) in [5.41, 5.74) is 4.20. The van der Waals surface area contributed by atoms with E-state index < -0.39 is 29.9 Å². The van der Waals surface area contributed by atoms with E-state index in [0.29, 0.717) is 74.1 Å². The molecule has 4 atom stereocenters. The second-order valence-electron chi connectivity index (χ2n) is 25.2.